The van der Waals surface area contributed by atoms with Crippen LogP contribution in [0.2, 0.25) is 0 Å². The number of aromatic nitrogens is 1. The third-order valence-corrected chi connectivity index (χ3v) is 4.03. The predicted molar refractivity (Wildman–Crippen MR) is 97.6 cm³/mol. The molecule has 2 atom stereocenters. The van der Waals surface area contributed by atoms with E-state index >= 15 is 0 Å². The number of carboxylic acid groups (broad SMARTS) is 1. The van der Waals surface area contributed by atoms with E-state index < -0.39 is 5.97 Å². The van der Waals surface area contributed by atoms with E-state index in [0.717, 1.165) is 63.6 Å². The molecule has 1 aromatic rings. The summed E-state index contributed by atoms with van der Waals surface area (Å²) in [5, 5.41) is 23.1. The molecule has 0 amide bonds. The van der Waals surface area contributed by atoms with E-state index in [2.05, 4.69) is 17.2 Å². The first-order valence-corrected chi connectivity index (χ1v) is 9.05. The highest BCUT2D eigenvalue weighted by Crippen LogP contribution is 2.23. The third kappa shape index (κ3) is 10.1. The standard InChI is InChI=1S/C19H31N2O3/c1-2-3-10-17(22)11-7-5-4-6-9-16(13-14-19(23)24)21-18-12-8-15-20-18/h8,12-17,20,22H,2-7,9-11H2,1H3,(H,23,24)/q-1. The molecular formula is C19H31N2O3-. The smallest absolute Gasteiger partial charge is 0.327 e. The number of nitrogens with one attached hydrogen (secondary N) is 1. The lowest BCUT2D eigenvalue weighted by atomic mass is 10.0. The van der Waals surface area contributed by atoms with Gasteiger partial charge in [-0.05, 0) is 25.3 Å². The van der Waals surface area contributed by atoms with Crippen molar-refractivity contribution in [1.29, 1.82) is 0 Å². The van der Waals surface area contributed by atoms with Crippen molar-refractivity contribution in [3.05, 3.63) is 35.8 Å². The number of carboxylic acids is 1. The van der Waals surface area contributed by atoms with Gasteiger partial charge in [-0.25, -0.2) is 4.79 Å². The van der Waals surface area contributed by atoms with Crippen LogP contribution >= 0.6 is 0 Å². The number of aliphatic hydroxyl groups excluding tert-OH is 1. The molecule has 0 spiro atoms. The molecule has 136 valence electrons. The maximum atomic E-state index is 10.7. The number of aromatic amines is 1. The zero-order chi connectivity index (χ0) is 17.6. The lowest BCUT2D eigenvalue weighted by Gasteiger charge is -2.21. The van der Waals surface area contributed by atoms with Crippen LogP contribution in [0.1, 0.15) is 64.7 Å². The Morgan fingerprint density at radius 1 is 1.21 bits per heavy atom. The van der Waals surface area contributed by atoms with Gasteiger partial charge < -0.3 is 20.5 Å². The second-order valence-corrected chi connectivity index (χ2v) is 6.24. The molecule has 5 nitrogen and oxygen atoms in total. The zero-order valence-electron chi connectivity index (χ0n) is 14.7. The number of hydrogen-bond acceptors (Lipinski definition) is 2. The quantitative estimate of drug-likeness (QED) is 0.333. The minimum Gasteiger partial charge on any atom is -0.478 e. The second kappa shape index (κ2) is 12.6. The van der Waals surface area contributed by atoms with E-state index in [0.29, 0.717) is 0 Å². The van der Waals surface area contributed by atoms with Crippen molar-refractivity contribution in [2.75, 3.05) is 0 Å². The maximum Gasteiger partial charge on any atom is 0.327 e. The van der Waals surface area contributed by atoms with Crippen LogP contribution in [-0.4, -0.2) is 33.3 Å². The van der Waals surface area contributed by atoms with Crippen LogP contribution in [0.5, 0.6) is 0 Å². The molecule has 0 saturated carbocycles. The average molecular weight is 335 g/mol. The lowest BCUT2D eigenvalue weighted by molar-refractivity contribution is -0.131. The highest BCUT2D eigenvalue weighted by atomic mass is 16.4. The van der Waals surface area contributed by atoms with Crippen LogP contribution < -0.4 is 0 Å². The van der Waals surface area contributed by atoms with Gasteiger partial charge in [-0.1, -0.05) is 75.7 Å². The van der Waals surface area contributed by atoms with E-state index in [-0.39, 0.29) is 12.1 Å². The van der Waals surface area contributed by atoms with Gasteiger partial charge in [0.25, 0.3) is 0 Å². The van der Waals surface area contributed by atoms with Gasteiger partial charge in [-0.15, -0.1) is 0 Å². The van der Waals surface area contributed by atoms with Gasteiger partial charge in [0.2, 0.25) is 0 Å². The van der Waals surface area contributed by atoms with Crippen LogP contribution in [0.3, 0.4) is 0 Å². The Bertz CT molecular complexity index is 457. The molecular weight excluding hydrogens is 304 g/mol. The van der Waals surface area contributed by atoms with Gasteiger partial charge in [0.15, 0.2) is 0 Å². The molecule has 1 rings (SSSR count). The SMILES string of the molecule is CCCCC(O)CCCCCCC(C=CC(=O)O)[N-]c1ccc[nH]1. The molecule has 0 aliphatic heterocycles. The number of aliphatic hydroxyl groups is 1. The Morgan fingerprint density at radius 2 is 1.92 bits per heavy atom. The molecule has 0 aliphatic rings. The van der Waals surface area contributed by atoms with E-state index in [1.807, 2.05) is 12.1 Å². The molecule has 0 fully saturated rings. The monoisotopic (exact) mass is 335 g/mol. The average Bonchev–Trinajstić information content (AvgIpc) is 3.06. The summed E-state index contributed by atoms with van der Waals surface area (Å²) in [5.74, 6) is -0.170. The fourth-order valence-electron chi connectivity index (χ4n) is 2.65. The van der Waals surface area contributed by atoms with Crippen molar-refractivity contribution >= 4 is 11.8 Å². The van der Waals surface area contributed by atoms with Gasteiger partial charge >= 0.3 is 5.97 Å². The van der Waals surface area contributed by atoms with Crippen molar-refractivity contribution in [3.63, 3.8) is 0 Å². The Hall–Kier alpha value is -1.75. The van der Waals surface area contributed by atoms with Crippen molar-refractivity contribution in [1.82, 2.24) is 4.98 Å². The van der Waals surface area contributed by atoms with Gasteiger partial charge in [0.05, 0.1) is 6.10 Å². The molecule has 0 radical (unpaired) electrons. The van der Waals surface area contributed by atoms with E-state index in [1.54, 1.807) is 12.3 Å². The highest BCUT2D eigenvalue weighted by molar-refractivity contribution is 5.80. The normalized spacial score (nSPS) is 13.9. The molecule has 0 bridgehead atoms. The lowest BCUT2D eigenvalue weighted by Crippen LogP contribution is -2.06. The Morgan fingerprint density at radius 3 is 2.54 bits per heavy atom. The van der Waals surface area contributed by atoms with E-state index in [1.165, 1.54) is 6.08 Å². The molecule has 2 unspecified atom stereocenters. The number of hydrogen-bond donors (Lipinski definition) is 3. The first-order chi connectivity index (χ1) is 11.6. The van der Waals surface area contributed by atoms with Crippen molar-refractivity contribution in [2.45, 2.75) is 76.9 Å². The molecule has 1 aromatic heterocycles. The van der Waals surface area contributed by atoms with Crippen LogP contribution in [0.15, 0.2) is 30.5 Å². The van der Waals surface area contributed by atoms with Gasteiger partial charge in [-0.3, -0.25) is 0 Å². The molecule has 0 aliphatic carbocycles. The van der Waals surface area contributed by atoms with Crippen LogP contribution in [-0.2, 0) is 4.79 Å². The molecule has 5 heteroatoms. The third-order valence-electron chi connectivity index (χ3n) is 4.03. The minimum absolute atomic E-state index is 0.116. The molecule has 3 N–H and O–H groups in total. The Kier molecular flexibility index (Phi) is 10.7. The summed E-state index contributed by atoms with van der Waals surface area (Å²) in [5.41, 5.74) is 0. The Labute approximate surface area is 145 Å². The fraction of sp³-hybridized carbons (Fsp3) is 0.632. The highest BCUT2D eigenvalue weighted by Gasteiger charge is 2.04. The van der Waals surface area contributed by atoms with Crippen molar-refractivity contribution in [2.24, 2.45) is 0 Å². The van der Waals surface area contributed by atoms with Gasteiger partial charge in [-0.2, -0.15) is 0 Å². The van der Waals surface area contributed by atoms with Gasteiger partial charge in [0.1, 0.15) is 0 Å². The number of rotatable bonds is 14. The molecule has 1 heterocycles. The summed E-state index contributed by atoms with van der Waals surface area (Å²) >= 11 is 0. The summed E-state index contributed by atoms with van der Waals surface area (Å²) in [7, 11) is 0. The zero-order valence-corrected chi connectivity index (χ0v) is 14.7. The number of H-pyrrole nitrogens is 1. The van der Waals surface area contributed by atoms with E-state index in [9.17, 15) is 9.90 Å². The first-order valence-electron chi connectivity index (χ1n) is 9.05. The van der Waals surface area contributed by atoms with Crippen LogP contribution in [0, 0.1) is 0 Å². The predicted octanol–water partition coefficient (Wildman–Crippen LogP) is 4.92. The minimum atomic E-state index is -0.942. The number of aliphatic carboxylic acids is 1. The summed E-state index contributed by atoms with van der Waals surface area (Å²) < 4.78 is 0. The van der Waals surface area contributed by atoms with E-state index in [4.69, 9.17) is 5.11 Å². The molecule has 0 aromatic carbocycles. The Balaban J connectivity index is 2.21. The van der Waals surface area contributed by atoms with Crippen molar-refractivity contribution in [3.8, 4) is 0 Å². The van der Waals surface area contributed by atoms with Crippen LogP contribution in [0.25, 0.3) is 5.32 Å². The van der Waals surface area contributed by atoms with Crippen molar-refractivity contribution < 1.29 is 15.0 Å². The fourth-order valence-corrected chi connectivity index (χ4v) is 2.65. The second-order valence-electron chi connectivity index (χ2n) is 6.24. The summed E-state index contributed by atoms with van der Waals surface area (Å²) in [6.45, 7) is 2.14. The summed E-state index contributed by atoms with van der Waals surface area (Å²) in [6, 6.07) is 3.63. The number of nitrogens with zero attached hydrogens (tertiary/aromatic N) is 1. The van der Waals surface area contributed by atoms with Gasteiger partial charge in [0, 0.05) is 6.08 Å². The molecule has 24 heavy (non-hydrogen) atoms. The number of carbonyl (C=O) groups is 1. The topological polar surface area (TPSA) is 87.4 Å². The maximum absolute atomic E-state index is 10.7. The largest absolute Gasteiger partial charge is 0.478 e. The molecule has 0 saturated heterocycles. The van der Waals surface area contributed by atoms with Crippen LogP contribution in [0.4, 0.5) is 5.82 Å². The first kappa shape index (κ1) is 20.3. The summed E-state index contributed by atoms with van der Waals surface area (Å²) in [6.07, 6.45) is 13.6. The number of unbranched alkanes of at least 4 members (excludes halogenated alkanes) is 4. The summed E-state index contributed by atoms with van der Waals surface area (Å²) in [4.78, 5) is 13.7.